The van der Waals surface area contributed by atoms with Gasteiger partial charge in [0.2, 0.25) is 0 Å². The summed E-state index contributed by atoms with van der Waals surface area (Å²) in [6, 6.07) is 12.3. The molecule has 3 nitrogen and oxygen atoms in total. The monoisotopic (exact) mass is 392 g/mol. The van der Waals surface area contributed by atoms with Gasteiger partial charge in [-0.3, -0.25) is 0 Å². The van der Waals surface area contributed by atoms with Crippen molar-refractivity contribution >= 4 is 8.32 Å². The number of hydrogen-bond donors (Lipinski definition) is 0. The highest BCUT2D eigenvalue weighted by Crippen LogP contribution is 2.26. The Labute approximate surface area is 168 Å². The minimum atomic E-state index is -1.52. The van der Waals surface area contributed by atoms with Crippen LogP contribution in [0.15, 0.2) is 36.4 Å². The van der Waals surface area contributed by atoms with Gasteiger partial charge in [-0.2, -0.15) is 0 Å². The quantitative estimate of drug-likeness (QED) is 0.148. The van der Waals surface area contributed by atoms with Crippen LogP contribution in [0.25, 0.3) is 0 Å². The second-order valence-corrected chi connectivity index (χ2v) is 12.0. The first-order valence-electron chi connectivity index (χ1n) is 10.6. The second kappa shape index (κ2) is 14.1. The molecule has 0 bridgehead atoms. The molecule has 0 radical (unpaired) electrons. The van der Waals surface area contributed by atoms with Crippen molar-refractivity contribution in [1.29, 1.82) is 0 Å². The van der Waals surface area contributed by atoms with E-state index in [4.69, 9.17) is 13.9 Å². The number of benzene rings is 1. The third kappa shape index (κ3) is 9.20. The standard InChI is InChI=1S/C23H40O3Si/c1-6-12-23(26-27(7-2,8-3)9-4)14-11-10-13-21-15-17-22(18-16-21)19-25-20-24-5/h10-11,15-18,23H,6-9,12-14,19-20H2,1-5H3. The molecular weight excluding hydrogens is 352 g/mol. The van der Waals surface area contributed by atoms with Gasteiger partial charge >= 0.3 is 0 Å². The van der Waals surface area contributed by atoms with Gasteiger partial charge < -0.3 is 13.9 Å². The van der Waals surface area contributed by atoms with Crippen molar-refractivity contribution in [2.75, 3.05) is 13.9 Å². The minimum absolute atomic E-state index is 0.337. The Morgan fingerprint density at radius 1 is 0.926 bits per heavy atom. The van der Waals surface area contributed by atoms with E-state index in [0.29, 0.717) is 19.5 Å². The van der Waals surface area contributed by atoms with E-state index in [1.807, 2.05) is 0 Å². The van der Waals surface area contributed by atoms with Gasteiger partial charge in [-0.05, 0) is 48.5 Å². The Kier molecular flexibility index (Phi) is 12.6. The van der Waals surface area contributed by atoms with Crippen molar-refractivity contribution in [2.24, 2.45) is 0 Å². The third-order valence-corrected chi connectivity index (χ3v) is 10.1. The summed E-state index contributed by atoms with van der Waals surface area (Å²) in [6.07, 6.45) is 9.34. The highest BCUT2D eigenvalue weighted by Gasteiger charge is 2.31. The van der Waals surface area contributed by atoms with Crippen LogP contribution in [0.2, 0.25) is 18.1 Å². The Bertz CT molecular complexity index is 501. The Morgan fingerprint density at radius 3 is 2.11 bits per heavy atom. The van der Waals surface area contributed by atoms with Gasteiger partial charge in [0.25, 0.3) is 0 Å². The van der Waals surface area contributed by atoms with E-state index >= 15 is 0 Å². The smallest absolute Gasteiger partial charge is 0.192 e. The second-order valence-electron chi connectivity index (χ2n) is 7.25. The molecule has 0 saturated heterocycles. The first-order valence-corrected chi connectivity index (χ1v) is 13.1. The molecule has 154 valence electrons. The summed E-state index contributed by atoms with van der Waals surface area (Å²) in [5.74, 6) is 0. The lowest BCUT2D eigenvalue weighted by Crippen LogP contribution is -2.39. The topological polar surface area (TPSA) is 27.7 Å². The van der Waals surface area contributed by atoms with Gasteiger partial charge in [-0.25, -0.2) is 0 Å². The highest BCUT2D eigenvalue weighted by atomic mass is 28.4. The van der Waals surface area contributed by atoms with E-state index in [-0.39, 0.29) is 0 Å². The number of ether oxygens (including phenoxy) is 2. The van der Waals surface area contributed by atoms with E-state index in [9.17, 15) is 0 Å². The third-order valence-electron chi connectivity index (χ3n) is 5.37. The van der Waals surface area contributed by atoms with E-state index in [0.717, 1.165) is 19.3 Å². The molecule has 1 rings (SSSR count). The van der Waals surface area contributed by atoms with E-state index in [1.54, 1.807) is 7.11 Å². The molecule has 0 saturated carbocycles. The van der Waals surface area contributed by atoms with Gasteiger partial charge in [0.15, 0.2) is 8.32 Å². The number of allylic oxidation sites excluding steroid dienone is 1. The summed E-state index contributed by atoms with van der Waals surface area (Å²) in [7, 11) is 0.122. The van der Waals surface area contributed by atoms with Crippen LogP contribution in [0.5, 0.6) is 0 Å². The fourth-order valence-corrected chi connectivity index (χ4v) is 6.30. The first-order chi connectivity index (χ1) is 13.1. The molecule has 0 fully saturated rings. The number of rotatable bonds is 15. The summed E-state index contributed by atoms with van der Waals surface area (Å²) in [5.41, 5.74) is 2.50. The fraction of sp³-hybridized carbons (Fsp3) is 0.652. The Morgan fingerprint density at radius 2 is 1.56 bits per heavy atom. The molecule has 4 heteroatoms. The van der Waals surface area contributed by atoms with Gasteiger partial charge in [-0.15, -0.1) is 0 Å². The lowest BCUT2D eigenvalue weighted by molar-refractivity contribution is -0.0390. The maximum Gasteiger partial charge on any atom is 0.192 e. The first kappa shape index (κ1) is 24.1. The molecule has 27 heavy (non-hydrogen) atoms. The maximum absolute atomic E-state index is 6.70. The Hall–Kier alpha value is -0.943. The highest BCUT2D eigenvalue weighted by molar-refractivity contribution is 6.73. The van der Waals surface area contributed by atoms with Crippen LogP contribution in [-0.2, 0) is 26.9 Å². The predicted molar refractivity (Wildman–Crippen MR) is 118 cm³/mol. The van der Waals surface area contributed by atoms with Crippen LogP contribution in [0.1, 0.15) is 58.1 Å². The zero-order chi connectivity index (χ0) is 20.0. The van der Waals surface area contributed by atoms with Gasteiger partial charge in [0, 0.05) is 13.2 Å². The molecule has 0 aromatic heterocycles. The average molecular weight is 393 g/mol. The van der Waals surface area contributed by atoms with Crippen molar-refractivity contribution < 1.29 is 13.9 Å². The molecular formula is C23H40O3Si. The molecule has 1 unspecified atom stereocenters. The van der Waals surface area contributed by atoms with Crippen molar-refractivity contribution in [3.63, 3.8) is 0 Å². The summed E-state index contributed by atoms with van der Waals surface area (Å²) >= 11 is 0. The van der Waals surface area contributed by atoms with Gasteiger partial charge in [0.1, 0.15) is 6.79 Å². The van der Waals surface area contributed by atoms with Crippen molar-refractivity contribution in [2.45, 2.75) is 84.2 Å². The SMILES string of the molecule is CCCC(CC=CCc1ccc(COCOC)cc1)O[Si](CC)(CC)CC. The molecule has 0 amide bonds. The molecule has 0 heterocycles. The van der Waals surface area contributed by atoms with Crippen LogP contribution in [-0.4, -0.2) is 28.3 Å². The lowest BCUT2D eigenvalue weighted by atomic mass is 10.1. The molecule has 1 atom stereocenters. The van der Waals surface area contributed by atoms with Crippen molar-refractivity contribution in [3.05, 3.63) is 47.5 Å². The molecule has 1 aromatic carbocycles. The minimum Gasteiger partial charge on any atom is -0.414 e. The molecule has 0 aliphatic carbocycles. The van der Waals surface area contributed by atoms with Gasteiger partial charge in [0.05, 0.1) is 6.61 Å². The van der Waals surface area contributed by atoms with Crippen LogP contribution < -0.4 is 0 Å². The molecule has 0 aliphatic rings. The normalized spacial score (nSPS) is 13.4. The number of hydrogen-bond acceptors (Lipinski definition) is 3. The van der Waals surface area contributed by atoms with E-state index in [1.165, 1.54) is 35.7 Å². The molecule has 0 aliphatic heterocycles. The van der Waals surface area contributed by atoms with Crippen molar-refractivity contribution in [1.82, 2.24) is 0 Å². The molecule has 0 N–H and O–H groups in total. The zero-order valence-corrected chi connectivity index (χ0v) is 19.1. The Balaban J connectivity index is 2.50. The summed E-state index contributed by atoms with van der Waals surface area (Å²) < 4.78 is 17.0. The number of methoxy groups -OCH3 is 1. The van der Waals surface area contributed by atoms with Gasteiger partial charge in [-0.1, -0.05) is 70.5 Å². The molecule has 1 aromatic rings. The fourth-order valence-electron chi connectivity index (χ4n) is 3.38. The largest absolute Gasteiger partial charge is 0.414 e. The summed E-state index contributed by atoms with van der Waals surface area (Å²) in [5, 5.41) is 0. The van der Waals surface area contributed by atoms with Crippen LogP contribution in [0.4, 0.5) is 0 Å². The van der Waals surface area contributed by atoms with E-state index < -0.39 is 8.32 Å². The predicted octanol–water partition coefficient (Wildman–Crippen LogP) is 6.49. The zero-order valence-electron chi connectivity index (χ0n) is 18.1. The van der Waals surface area contributed by atoms with E-state index in [2.05, 4.69) is 64.1 Å². The van der Waals surface area contributed by atoms with Crippen LogP contribution in [0, 0.1) is 0 Å². The molecule has 0 spiro atoms. The average Bonchev–Trinajstić information content (AvgIpc) is 2.70. The van der Waals surface area contributed by atoms with Crippen LogP contribution >= 0.6 is 0 Å². The summed E-state index contributed by atoms with van der Waals surface area (Å²) in [6.45, 7) is 10.1. The maximum atomic E-state index is 6.70. The summed E-state index contributed by atoms with van der Waals surface area (Å²) in [4.78, 5) is 0. The lowest BCUT2D eigenvalue weighted by Gasteiger charge is -2.33. The van der Waals surface area contributed by atoms with Crippen LogP contribution in [0.3, 0.4) is 0 Å². The van der Waals surface area contributed by atoms with Crippen molar-refractivity contribution in [3.8, 4) is 0 Å².